The molecule has 162 valence electrons. The van der Waals surface area contributed by atoms with Gasteiger partial charge in [0.05, 0.1) is 27.4 Å². The summed E-state index contributed by atoms with van der Waals surface area (Å²) in [5.41, 5.74) is 2.10. The van der Waals surface area contributed by atoms with E-state index in [0.29, 0.717) is 10.7 Å². The van der Waals surface area contributed by atoms with Crippen molar-refractivity contribution in [2.24, 2.45) is 4.99 Å². The number of halogens is 1. The quantitative estimate of drug-likeness (QED) is 0.392. The number of hydrogen-bond donors (Lipinski definition) is 0. The van der Waals surface area contributed by atoms with Crippen LogP contribution in [-0.2, 0) is 21.2 Å². The van der Waals surface area contributed by atoms with E-state index in [9.17, 15) is 17.6 Å². The van der Waals surface area contributed by atoms with Gasteiger partial charge in [0.25, 0.3) is 0 Å². The van der Waals surface area contributed by atoms with Gasteiger partial charge in [0.1, 0.15) is 5.82 Å². The second-order valence-electron chi connectivity index (χ2n) is 7.44. The summed E-state index contributed by atoms with van der Waals surface area (Å²) in [6, 6.07) is 10.8. The van der Waals surface area contributed by atoms with Gasteiger partial charge in [0, 0.05) is 6.42 Å². The van der Waals surface area contributed by atoms with E-state index in [2.05, 4.69) is 30.8 Å². The lowest BCUT2D eigenvalue weighted by atomic mass is 10.0. The van der Waals surface area contributed by atoms with Crippen LogP contribution < -0.4 is 4.80 Å². The number of amides is 1. The molecule has 0 saturated carbocycles. The fourth-order valence-electron chi connectivity index (χ4n) is 3.11. The number of aromatic nitrogens is 1. The minimum Gasteiger partial charge on any atom is -0.305 e. The first-order valence-corrected chi connectivity index (χ1v) is 12.3. The number of fused-ring (bicyclic) bond motifs is 1. The van der Waals surface area contributed by atoms with Crippen LogP contribution in [0.3, 0.4) is 0 Å². The standard InChI is InChI=1S/C23H23FN2O3S2/c1-4-13-26-20-12-7-17(16(2)3)15-21(20)30-23(26)25-22(27)6-5-14-31(28,29)19-10-8-18(24)9-11-19/h1,7-12,15-16H,5-6,13-14H2,2-3H3. The Balaban J connectivity index is 1.78. The van der Waals surface area contributed by atoms with Gasteiger partial charge in [-0.25, -0.2) is 12.8 Å². The van der Waals surface area contributed by atoms with Crippen LogP contribution in [0.15, 0.2) is 52.4 Å². The van der Waals surface area contributed by atoms with Crippen molar-refractivity contribution in [3.63, 3.8) is 0 Å². The predicted molar refractivity (Wildman–Crippen MR) is 121 cm³/mol. The van der Waals surface area contributed by atoms with Crippen molar-refractivity contribution in [3.05, 3.63) is 58.6 Å². The molecule has 0 spiro atoms. The molecule has 1 heterocycles. The second-order valence-corrected chi connectivity index (χ2v) is 10.6. The van der Waals surface area contributed by atoms with Crippen LogP contribution in [0.1, 0.15) is 38.2 Å². The molecule has 0 saturated heterocycles. The van der Waals surface area contributed by atoms with Crippen molar-refractivity contribution in [1.82, 2.24) is 4.57 Å². The molecule has 0 fully saturated rings. The first-order chi connectivity index (χ1) is 14.7. The molecule has 1 amide bonds. The van der Waals surface area contributed by atoms with Gasteiger partial charge in [0.2, 0.25) is 5.91 Å². The summed E-state index contributed by atoms with van der Waals surface area (Å²) in [7, 11) is -3.59. The summed E-state index contributed by atoms with van der Waals surface area (Å²) in [5.74, 6) is 1.84. The SMILES string of the molecule is C#CCn1c(=NC(=O)CCCS(=O)(=O)c2ccc(F)cc2)sc2cc(C(C)C)ccc21. The Morgan fingerprint density at radius 3 is 2.58 bits per heavy atom. The van der Waals surface area contributed by atoms with E-state index in [1.807, 2.05) is 16.7 Å². The second kappa shape index (κ2) is 9.58. The van der Waals surface area contributed by atoms with Crippen LogP contribution in [0.25, 0.3) is 10.2 Å². The first-order valence-electron chi connectivity index (χ1n) is 9.84. The first kappa shape index (κ1) is 22.9. The van der Waals surface area contributed by atoms with Crippen molar-refractivity contribution >= 4 is 37.3 Å². The number of nitrogens with zero attached hydrogens (tertiary/aromatic N) is 2. The minimum absolute atomic E-state index is 0.0119. The van der Waals surface area contributed by atoms with Crippen LogP contribution in [0.5, 0.6) is 0 Å². The third-order valence-corrected chi connectivity index (χ3v) is 7.68. The summed E-state index contributed by atoms with van der Waals surface area (Å²) in [6.07, 6.45) is 5.61. The molecule has 0 aliphatic heterocycles. The Kier molecular flexibility index (Phi) is 7.08. The van der Waals surface area contributed by atoms with E-state index >= 15 is 0 Å². The Hall–Kier alpha value is -2.76. The summed E-state index contributed by atoms with van der Waals surface area (Å²) in [5, 5.41) is 0. The van der Waals surface area contributed by atoms with E-state index in [1.54, 1.807) is 0 Å². The molecule has 2 aromatic carbocycles. The molecule has 8 heteroatoms. The predicted octanol–water partition coefficient (Wildman–Crippen LogP) is 4.28. The van der Waals surface area contributed by atoms with E-state index < -0.39 is 21.6 Å². The van der Waals surface area contributed by atoms with Crippen molar-refractivity contribution in [2.45, 2.75) is 44.0 Å². The maximum atomic E-state index is 13.0. The molecule has 0 unspecified atom stereocenters. The molecule has 0 aliphatic rings. The highest BCUT2D eigenvalue weighted by Gasteiger charge is 2.15. The highest BCUT2D eigenvalue weighted by atomic mass is 32.2. The highest BCUT2D eigenvalue weighted by Crippen LogP contribution is 2.23. The van der Waals surface area contributed by atoms with Gasteiger partial charge in [-0.1, -0.05) is 37.2 Å². The minimum atomic E-state index is -3.59. The van der Waals surface area contributed by atoms with Gasteiger partial charge in [0.15, 0.2) is 14.6 Å². The van der Waals surface area contributed by atoms with Crippen LogP contribution in [0.4, 0.5) is 4.39 Å². The third-order valence-electron chi connectivity index (χ3n) is 4.82. The molecule has 31 heavy (non-hydrogen) atoms. The van der Waals surface area contributed by atoms with Crippen LogP contribution in [0, 0.1) is 18.2 Å². The lowest BCUT2D eigenvalue weighted by molar-refractivity contribution is -0.118. The summed E-state index contributed by atoms with van der Waals surface area (Å²) < 4.78 is 40.5. The Morgan fingerprint density at radius 1 is 1.23 bits per heavy atom. The molecule has 0 N–H and O–H groups in total. The summed E-state index contributed by atoms with van der Waals surface area (Å²) in [4.78, 5) is 17.2. The fraction of sp³-hybridized carbons (Fsp3) is 0.304. The smallest absolute Gasteiger partial charge is 0.248 e. The zero-order valence-electron chi connectivity index (χ0n) is 17.3. The zero-order chi connectivity index (χ0) is 22.6. The lowest BCUT2D eigenvalue weighted by Crippen LogP contribution is -2.17. The summed E-state index contributed by atoms with van der Waals surface area (Å²) >= 11 is 1.39. The number of benzene rings is 2. The van der Waals surface area contributed by atoms with Gasteiger partial charge in [-0.05, 0) is 54.3 Å². The Labute approximate surface area is 185 Å². The van der Waals surface area contributed by atoms with Crippen molar-refractivity contribution in [2.75, 3.05) is 5.75 Å². The molecule has 3 rings (SSSR count). The molecule has 5 nitrogen and oxygen atoms in total. The highest BCUT2D eigenvalue weighted by molar-refractivity contribution is 7.91. The molecule has 0 aliphatic carbocycles. The number of carbonyl (C=O) groups excluding carboxylic acids is 1. The number of terminal acetylenes is 1. The number of hydrogen-bond acceptors (Lipinski definition) is 4. The lowest BCUT2D eigenvalue weighted by Gasteiger charge is -2.05. The fourth-order valence-corrected chi connectivity index (χ4v) is 5.52. The van der Waals surface area contributed by atoms with Gasteiger partial charge >= 0.3 is 0 Å². The number of thiazole rings is 1. The van der Waals surface area contributed by atoms with Crippen molar-refractivity contribution < 1.29 is 17.6 Å². The number of carbonyl (C=O) groups is 1. The molecular weight excluding hydrogens is 435 g/mol. The van der Waals surface area contributed by atoms with Gasteiger partial charge in [-0.2, -0.15) is 4.99 Å². The summed E-state index contributed by atoms with van der Waals surface area (Å²) in [6.45, 7) is 4.50. The van der Waals surface area contributed by atoms with E-state index in [4.69, 9.17) is 6.42 Å². The van der Waals surface area contributed by atoms with E-state index in [-0.39, 0.29) is 30.0 Å². The molecule has 3 aromatic rings. The Bertz CT molecular complexity index is 1310. The monoisotopic (exact) mass is 458 g/mol. The van der Waals surface area contributed by atoms with E-state index in [0.717, 1.165) is 22.3 Å². The maximum absolute atomic E-state index is 13.0. The molecular formula is C23H23FN2O3S2. The normalized spacial score (nSPS) is 12.4. The van der Waals surface area contributed by atoms with Gasteiger partial charge in [-0.3, -0.25) is 4.79 Å². The van der Waals surface area contributed by atoms with E-state index in [1.165, 1.54) is 29.0 Å². The van der Waals surface area contributed by atoms with Crippen molar-refractivity contribution in [3.8, 4) is 12.3 Å². The zero-order valence-corrected chi connectivity index (χ0v) is 19.0. The topological polar surface area (TPSA) is 68.5 Å². The number of sulfone groups is 1. The average Bonchev–Trinajstić information content (AvgIpc) is 3.04. The Morgan fingerprint density at radius 2 is 1.94 bits per heavy atom. The largest absolute Gasteiger partial charge is 0.305 e. The molecule has 0 atom stereocenters. The molecule has 0 bridgehead atoms. The maximum Gasteiger partial charge on any atom is 0.248 e. The third kappa shape index (κ3) is 5.49. The van der Waals surface area contributed by atoms with Crippen LogP contribution in [-0.4, -0.2) is 24.6 Å². The molecule has 0 radical (unpaired) electrons. The van der Waals surface area contributed by atoms with Gasteiger partial charge in [-0.15, -0.1) is 6.42 Å². The van der Waals surface area contributed by atoms with Crippen LogP contribution >= 0.6 is 11.3 Å². The van der Waals surface area contributed by atoms with Crippen molar-refractivity contribution in [1.29, 1.82) is 0 Å². The van der Waals surface area contributed by atoms with Crippen LogP contribution in [0.2, 0.25) is 0 Å². The van der Waals surface area contributed by atoms with Gasteiger partial charge < -0.3 is 4.57 Å². The molecule has 1 aromatic heterocycles. The average molecular weight is 459 g/mol. The number of rotatable bonds is 7.